The van der Waals surface area contributed by atoms with Crippen molar-refractivity contribution in [3.05, 3.63) is 35.4 Å². The number of piperidine rings is 1. The third-order valence-electron chi connectivity index (χ3n) is 3.95. The maximum atomic E-state index is 12.2. The molecule has 1 aliphatic rings. The molecule has 1 heterocycles. The zero-order chi connectivity index (χ0) is 13.8. The molecule has 0 saturated carbocycles. The van der Waals surface area contributed by atoms with E-state index in [2.05, 4.69) is 23.9 Å². The average Bonchev–Trinajstić information content (AvgIpc) is 2.39. The maximum absolute atomic E-state index is 12.2. The molecule has 19 heavy (non-hydrogen) atoms. The van der Waals surface area contributed by atoms with Gasteiger partial charge in [0.15, 0.2) is 5.78 Å². The molecule has 2 rings (SSSR count). The second-order valence-corrected chi connectivity index (χ2v) is 5.78. The summed E-state index contributed by atoms with van der Waals surface area (Å²) in [5, 5.41) is 0. The number of benzene rings is 1. The average molecular weight is 260 g/mol. The van der Waals surface area contributed by atoms with Crippen LogP contribution in [0.4, 0.5) is 0 Å². The minimum atomic E-state index is 0.236. The van der Waals surface area contributed by atoms with Crippen LogP contribution in [0.3, 0.4) is 0 Å². The van der Waals surface area contributed by atoms with Crippen LogP contribution in [0.15, 0.2) is 24.3 Å². The van der Waals surface area contributed by atoms with E-state index in [1.807, 2.05) is 31.2 Å². The van der Waals surface area contributed by atoms with Gasteiger partial charge in [-0.2, -0.15) is 0 Å². The monoisotopic (exact) mass is 260 g/mol. The number of carbonyl (C=O) groups excluding carboxylic acids is 1. The fourth-order valence-electron chi connectivity index (χ4n) is 2.63. The van der Waals surface area contributed by atoms with Crippen molar-refractivity contribution in [2.24, 2.45) is 0 Å². The number of rotatable bonds is 4. The molecule has 3 nitrogen and oxygen atoms in total. The van der Waals surface area contributed by atoms with Crippen LogP contribution in [-0.4, -0.2) is 55.4 Å². The lowest BCUT2D eigenvalue weighted by Crippen LogP contribution is -2.46. The van der Waals surface area contributed by atoms with E-state index in [9.17, 15) is 4.79 Å². The van der Waals surface area contributed by atoms with Gasteiger partial charge < -0.3 is 4.90 Å². The second-order valence-electron chi connectivity index (χ2n) is 5.78. The van der Waals surface area contributed by atoms with Gasteiger partial charge in [0.05, 0.1) is 6.54 Å². The molecule has 0 N–H and O–H groups in total. The number of nitrogens with zero attached hydrogens (tertiary/aromatic N) is 2. The van der Waals surface area contributed by atoms with Crippen molar-refractivity contribution in [3.8, 4) is 0 Å². The lowest BCUT2D eigenvalue weighted by molar-refractivity contribution is 0.0852. The van der Waals surface area contributed by atoms with E-state index in [4.69, 9.17) is 0 Å². The Balaban J connectivity index is 1.93. The van der Waals surface area contributed by atoms with E-state index in [-0.39, 0.29) is 5.78 Å². The van der Waals surface area contributed by atoms with Crippen LogP contribution < -0.4 is 0 Å². The number of hydrogen-bond donors (Lipinski definition) is 0. The van der Waals surface area contributed by atoms with Crippen molar-refractivity contribution in [3.63, 3.8) is 0 Å². The van der Waals surface area contributed by atoms with Gasteiger partial charge in [0.25, 0.3) is 0 Å². The Bertz CT molecular complexity index is 425. The predicted octanol–water partition coefficient (Wildman–Crippen LogP) is 2.20. The van der Waals surface area contributed by atoms with Crippen LogP contribution in [0.2, 0.25) is 0 Å². The van der Waals surface area contributed by atoms with Crippen LogP contribution in [0.25, 0.3) is 0 Å². The summed E-state index contributed by atoms with van der Waals surface area (Å²) in [4.78, 5) is 16.8. The third kappa shape index (κ3) is 3.88. The first-order valence-electron chi connectivity index (χ1n) is 7.05. The summed E-state index contributed by atoms with van der Waals surface area (Å²) in [5.74, 6) is 0.236. The molecule has 1 fully saturated rings. The number of hydrogen-bond acceptors (Lipinski definition) is 3. The van der Waals surface area contributed by atoms with Crippen molar-refractivity contribution in [1.29, 1.82) is 0 Å². The molecule has 1 aromatic rings. The molecule has 3 heteroatoms. The van der Waals surface area contributed by atoms with Gasteiger partial charge in [0.1, 0.15) is 0 Å². The summed E-state index contributed by atoms with van der Waals surface area (Å²) in [6.45, 7) is 4.64. The Morgan fingerprint density at radius 1 is 1.32 bits per heavy atom. The predicted molar refractivity (Wildman–Crippen MR) is 78.7 cm³/mol. The van der Waals surface area contributed by atoms with E-state index in [0.29, 0.717) is 12.6 Å². The van der Waals surface area contributed by atoms with Crippen molar-refractivity contribution in [2.75, 3.05) is 33.7 Å². The Morgan fingerprint density at radius 2 is 2.00 bits per heavy atom. The van der Waals surface area contributed by atoms with Crippen molar-refractivity contribution < 1.29 is 4.79 Å². The fraction of sp³-hybridized carbons (Fsp3) is 0.562. The standard InChI is InChI=1S/C16H24N2O/c1-13-6-8-14(9-7-13)16(19)12-18-10-4-5-15(11-18)17(2)3/h6-9,15H,4-5,10-12H2,1-3H3. The lowest BCUT2D eigenvalue weighted by atomic mass is 10.0. The number of likely N-dealkylation sites (N-methyl/N-ethyl adjacent to an activating group) is 1. The Labute approximate surface area is 116 Å². The third-order valence-corrected chi connectivity index (χ3v) is 3.95. The van der Waals surface area contributed by atoms with Gasteiger partial charge in [0, 0.05) is 18.2 Å². The van der Waals surface area contributed by atoms with Crippen molar-refractivity contribution >= 4 is 5.78 Å². The molecular weight excluding hydrogens is 236 g/mol. The fourth-order valence-corrected chi connectivity index (χ4v) is 2.63. The van der Waals surface area contributed by atoms with Crippen LogP contribution in [0.5, 0.6) is 0 Å². The highest BCUT2D eigenvalue weighted by Gasteiger charge is 2.23. The minimum absolute atomic E-state index is 0.236. The topological polar surface area (TPSA) is 23.6 Å². The largest absolute Gasteiger partial charge is 0.305 e. The molecule has 0 radical (unpaired) electrons. The molecule has 1 unspecified atom stereocenters. The lowest BCUT2D eigenvalue weighted by Gasteiger charge is -2.35. The van der Waals surface area contributed by atoms with Gasteiger partial charge in [-0.15, -0.1) is 0 Å². The van der Waals surface area contributed by atoms with Crippen LogP contribution in [0, 0.1) is 6.92 Å². The summed E-state index contributed by atoms with van der Waals surface area (Å²) in [7, 11) is 4.24. The first-order valence-corrected chi connectivity index (χ1v) is 7.05. The summed E-state index contributed by atoms with van der Waals surface area (Å²) in [6.07, 6.45) is 2.42. The number of Topliss-reactive ketones (excluding diaryl/α,β-unsaturated/α-hetero) is 1. The van der Waals surface area contributed by atoms with Crippen LogP contribution in [0.1, 0.15) is 28.8 Å². The molecule has 0 aromatic heterocycles. The molecule has 0 bridgehead atoms. The van der Waals surface area contributed by atoms with E-state index in [1.165, 1.54) is 18.4 Å². The van der Waals surface area contributed by atoms with Gasteiger partial charge in [-0.1, -0.05) is 29.8 Å². The highest BCUT2D eigenvalue weighted by Crippen LogP contribution is 2.14. The normalized spacial score (nSPS) is 20.7. The maximum Gasteiger partial charge on any atom is 0.176 e. The van der Waals surface area contributed by atoms with Crippen molar-refractivity contribution in [2.45, 2.75) is 25.8 Å². The summed E-state index contributed by atoms with van der Waals surface area (Å²) in [6, 6.07) is 8.47. The second kappa shape index (κ2) is 6.31. The van der Waals surface area contributed by atoms with E-state index in [1.54, 1.807) is 0 Å². The molecular formula is C16H24N2O. The first-order chi connectivity index (χ1) is 9.06. The molecule has 1 saturated heterocycles. The Morgan fingerprint density at radius 3 is 2.63 bits per heavy atom. The summed E-state index contributed by atoms with van der Waals surface area (Å²) >= 11 is 0. The zero-order valence-corrected chi connectivity index (χ0v) is 12.2. The van der Waals surface area contributed by atoms with E-state index >= 15 is 0 Å². The molecule has 104 valence electrons. The highest BCUT2D eigenvalue weighted by atomic mass is 16.1. The SMILES string of the molecule is Cc1ccc(C(=O)CN2CCCC(N(C)C)C2)cc1. The number of ketones is 1. The number of aryl methyl sites for hydroxylation is 1. The molecule has 1 atom stereocenters. The van der Waals surface area contributed by atoms with Gasteiger partial charge >= 0.3 is 0 Å². The van der Waals surface area contributed by atoms with Gasteiger partial charge in [-0.25, -0.2) is 0 Å². The number of carbonyl (C=O) groups is 1. The van der Waals surface area contributed by atoms with Crippen LogP contribution in [-0.2, 0) is 0 Å². The van der Waals surface area contributed by atoms with Crippen LogP contribution >= 0.6 is 0 Å². The van der Waals surface area contributed by atoms with Gasteiger partial charge in [-0.3, -0.25) is 9.69 Å². The summed E-state index contributed by atoms with van der Waals surface area (Å²) in [5.41, 5.74) is 2.03. The number of likely N-dealkylation sites (tertiary alicyclic amines) is 1. The first kappa shape index (κ1) is 14.2. The molecule has 1 aromatic carbocycles. The molecule has 0 aliphatic carbocycles. The van der Waals surface area contributed by atoms with E-state index < -0.39 is 0 Å². The zero-order valence-electron chi connectivity index (χ0n) is 12.2. The smallest absolute Gasteiger partial charge is 0.176 e. The van der Waals surface area contributed by atoms with E-state index in [0.717, 1.165) is 18.7 Å². The molecule has 0 spiro atoms. The Hall–Kier alpha value is -1.19. The molecule has 1 aliphatic heterocycles. The Kier molecular flexibility index (Phi) is 4.72. The quantitative estimate of drug-likeness (QED) is 0.775. The molecule has 0 amide bonds. The van der Waals surface area contributed by atoms with Crippen molar-refractivity contribution in [1.82, 2.24) is 9.80 Å². The van der Waals surface area contributed by atoms with Gasteiger partial charge in [0.2, 0.25) is 0 Å². The van der Waals surface area contributed by atoms with Gasteiger partial charge in [-0.05, 0) is 40.4 Å². The summed E-state index contributed by atoms with van der Waals surface area (Å²) < 4.78 is 0. The minimum Gasteiger partial charge on any atom is -0.305 e. The highest BCUT2D eigenvalue weighted by molar-refractivity contribution is 5.97.